The van der Waals surface area contributed by atoms with Gasteiger partial charge in [0.05, 0.1) is 6.20 Å². The molecule has 0 saturated heterocycles. The van der Waals surface area contributed by atoms with Gasteiger partial charge in [0.15, 0.2) is 5.03 Å². The first-order chi connectivity index (χ1) is 11.4. The molecule has 0 bridgehead atoms. The van der Waals surface area contributed by atoms with E-state index < -0.39 is 10.0 Å². The van der Waals surface area contributed by atoms with E-state index in [-0.39, 0.29) is 11.1 Å². The Bertz CT molecular complexity index is 1020. The van der Waals surface area contributed by atoms with Crippen LogP contribution in [0.1, 0.15) is 23.2 Å². The molecule has 126 valence electrons. The van der Waals surface area contributed by atoms with Crippen molar-refractivity contribution in [3.63, 3.8) is 0 Å². The van der Waals surface area contributed by atoms with Gasteiger partial charge >= 0.3 is 0 Å². The average molecular weight is 345 g/mol. The molecule has 3 aromatic rings. The number of aromatic amines is 1. The van der Waals surface area contributed by atoms with Crippen molar-refractivity contribution in [3.05, 3.63) is 41.2 Å². The van der Waals surface area contributed by atoms with Gasteiger partial charge in [-0.05, 0) is 43.9 Å². The highest BCUT2D eigenvalue weighted by atomic mass is 32.2. The Morgan fingerprint density at radius 1 is 1.38 bits per heavy atom. The molecule has 2 aromatic heterocycles. The Morgan fingerprint density at radius 2 is 2.21 bits per heavy atom. The van der Waals surface area contributed by atoms with Crippen molar-refractivity contribution in [2.24, 2.45) is 7.05 Å². The van der Waals surface area contributed by atoms with Crippen molar-refractivity contribution >= 4 is 20.9 Å². The van der Waals surface area contributed by atoms with Crippen LogP contribution in [0, 0.1) is 6.92 Å². The summed E-state index contributed by atoms with van der Waals surface area (Å²) in [5.74, 6) is 0. The van der Waals surface area contributed by atoms with E-state index in [4.69, 9.17) is 0 Å². The van der Waals surface area contributed by atoms with Crippen molar-refractivity contribution in [2.75, 3.05) is 0 Å². The number of sulfonamides is 1. The third-order valence-electron chi connectivity index (χ3n) is 4.61. The van der Waals surface area contributed by atoms with Gasteiger partial charge in [0.2, 0.25) is 0 Å². The van der Waals surface area contributed by atoms with Crippen LogP contribution < -0.4 is 4.72 Å². The summed E-state index contributed by atoms with van der Waals surface area (Å²) in [5.41, 5.74) is 4.75. The van der Waals surface area contributed by atoms with E-state index in [0.717, 1.165) is 18.4 Å². The van der Waals surface area contributed by atoms with E-state index in [0.29, 0.717) is 6.42 Å². The fourth-order valence-corrected chi connectivity index (χ4v) is 4.77. The molecular formula is C16H19N5O2S. The number of nitrogens with zero attached hydrogens (tertiary/aromatic N) is 3. The summed E-state index contributed by atoms with van der Waals surface area (Å²) in [4.78, 5) is 3.46. The summed E-state index contributed by atoms with van der Waals surface area (Å²) < 4.78 is 29.1. The number of rotatable bonds is 3. The molecule has 4 rings (SSSR count). The van der Waals surface area contributed by atoms with E-state index >= 15 is 0 Å². The van der Waals surface area contributed by atoms with Crippen LogP contribution in [0.15, 0.2) is 29.4 Å². The molecule has 2 N–H and O–H groups in total. The summed E-state index contributed by atoms with van der Waals surface area (Å²) in [6, 6.07) is 6.20. The van der Waals surface area contributed by atoms with Gasteiger partial charge in [0, 0.05) is 29.7 Å². The van der Waals surface area contributed by atoms with Crippen LogP contribution in [-0.2, 0) is 29.9 Å². The quantitative estimate of drug-likeness (QED) is 0.751. The number of benzene rings is 1. The first kappa shape index (κ1) is 15.3. The van der Waals surface area contributed by atoms with Crippen molar-refractivity contribution < 1.29 is 8.42 Å². The molecular weight excluding hydrogens is 326 g/mol. The lowest BCUT2D eigenvalue weighted by atomic mass is 9.92. The lowest BCUT2D eigenvalue weighted by Crippen LogP contribution is -2.39. The first-order valence-corrected chi connectivity index (χ1v) is 9.39. The molecule has 0 fully saturated rings. The number of aryl methyl sites for hydroxylation is 3. The minimum atomic E-state index is -3.62. The third-order valence-corrected chi connectivity index (χ3v) is 6.18. The number of aromatic nitrogens is 4. The van der Waals surface area contributed by atoms with E-state index in [1.165, 1.54) is 33.1 Å². The fourth-order valence-electron chi connectivity index (χ4n) is 3.43. The second kappa shape index (κ2) is 5.42. The lowest BCUT2D eigenvalue weighted by molar-refractivity contribution is 0.499. The Balaban J connectivity index is 1.64. The van der Waals surface area contributed by atoms with Crippen molar-refractivity contribution in [1.29, 1.82) is 0 Å². The van der Waals surface area contributed by atoms with Crippen LogP contribution in [-0.4, -0.2) is 34.4 Å². The van der Waals surface area contributed by atoms with Crippen molar-refractivity contribution in [1.82, 2.24) is 24.7 Å². The maximum Gasteiger partial charge on any atom is 0.259 e. The monoisotopic (exact) mass is 345 g/mol. The van der Waals surface area contributed by atoms with Gasteiger partial charge < -0.3 is 4.98 Å². The highest BCUT2D eigenvalue weighted by Gasteiger charge is 2.28. The van der Waals surface area contributed by atoms with Gasteiger partial charge in [-0.25, -0.2) is 17.8 Å². The second-order valence-electron chi connectivity index (χ2n) is 6.39. The molecule has 0 saturated carbocycles. The number of hydrogen-bond donors (Lipinski definition) is 2. The molecule has 1 aromatic carbocycles. The van der Waals surface area contributed by atoms with Crippen LogP contribution in [0.5, 0.6) is 0 Å². The first-order valence-electron chi connectivity index (χ1n) is 7.91. The van der Waals surface area contributed by atoms with Crippen LogP contribution >= 0.6 is 0 Å². The predicted molar refractivity (Wildman–Crippen MR) is 90.2 cm³/mol. The number of nitrogens with one attached hydrogen (secondary N) is 2. The Labute approximate surface area is 140 Å². The van der Waals surface area contributed by atoms with Gasteiger partial charge in [0.1, 0.15) is 0 Å². The van der Waals surface area contributed by atoms with E-state index in [9.17, 15) is 8.42 Å². The smallest absolute Gasteiger partial charge is 0.259 e. The highest BCUT2D eigenvalue weighted by molar-refractivity contribution is 7.89. The van der Waals surface area contributed by atoms with Crippen LogP contribution in [0.3, 0.4) is 0 Å². The number of fused-ring (bicyclic) bond motifs is 3. The molecule has 24 heavy (non-hydrogen) atoms. The highest BCUT2D eigenvalue weighted by Crippen LogP contribution is 2.30. The molecule has 1 atom stereocenters. The van der Waals surface area contributed by atoms with Gasteiger partial charge in [-0.1, -0.05) is 16.8 Å². The van der Waals surface area contributed by atoms with E-state index in [2.05, 4.69) is 45.1 Å². The van der Waals surface area contributed by atoms with Gasteiger partial charge in [-0.15, -0.1) is 5.10 Å². The van der Waals surface area contributed by atoms with Crippen LogP contribution in [0.2, 0.25) is 0 Å². The van der Waals surface area contributed by atoms with Gasteiger partial charge in [0.25, 0.3) is 10.0 Å². The van der Waals surface area contributed by atoms with Crippen molar-refractivity contribution in [3.8, 4) is 0 Å². The maximum absolute atomic E-state index is 12.5. The summed E-state index contributed by atoms with van der Waals surface area (Å²) in [5, 5.41) is 8.62. The molecule has 1 unspecified atom stereocenters. The van der Waals surface area contributed by atoms with E-state index in [1.807, 2.05) is 0 Å². The molecule has 0 radical (unpaired) electrons. The van der Waals surface area contributed by atoms with Gasteiger partial charge in [-0.2, -0.15) is 0 Å². The van der Waals surface area contributed by atoms with Gasteiger partial charge in [-0.3, -0.25) is 0 Å². The summed E-state index contributed by atoms with van der Waals surface area (Å²) in [6.07, 6.45) is 3.55. The normalized spacial score (nSPS) is 18.0. The standard InChI is InChI=1S/C16H19N5O2S/c1-10-3-5-14-12(7-10)13-8-11(4-6-15(13)18-14)19-24(22,23)16-9-17-20-21(16)2/h3,5,7,9,11,18-19H,4,6,8H2,1-2H3. The summed E-state index contributed by atoms with van der Waals surface area (Å²) >= 11 is 0. The molecule has 2 heterocycles. The third kappa shape index (κ3) is 2.51. The summed E-state index contributed by atoms with van der Waals surface area (Å²) in [6.45, 7) is 2.07. The summed E-state index contributed by atoms with van der Waals surface area (Å²) in [7, 11) is -2.04. The molecule has 1 aliphatic rings. The number of hydrogen-bond acceptors (Lipinski definition) is 4. The Kier molecular flexibility index (Phi) is 3.47. The van der Waals surface area contributed by atoms with Crippen LogP contribution in [0.25, 0.3) is 10.9 Å². The lowest BCUT2D eigenvalue weighted by Gasteiger charge is -2.23. The Morgan fingerprint density at radius 3 is 2.96 bits per heavy atom. The second-order valence-corrected chi connectivity index (χ2v) is 8.05. The van der Waals surface area contributed by atoms with Crippen LogP contribution in [0.4, 0.5) is 0 Å². The fraction of sp³-hybridized carbons (Fsp3) is 0.375. The average Bonchev–Trinajstić information content (AvgIpc) is 3.11. The molecule has 7 nitrogen and oxygen atoms in total. The topological polar surface area (TPSA) is 92.7 Å². The zero-order valence-electron chi connectivity index (χ0n) is 13.6. The molecule has 0 aliphatic heterocycles. The zero-order chi connectivity index (χ0) is 16.9. The maximum atomic E-state index is 12.5. The minimum absolute atomic E-state index is 0.0862. The molecule has 0 amide bonds. The minimum Gasteiger partial charge on any atom is -0.358 e. The van der Waals surface area contributed by atoms with Crippen molar-refractivity contribution in [2.45, 2.75) is 37.3 Å². The molecule has 8 heteroatoms. The largest absolute Gasteiger partial charge is 0.358 e. The predicted octanol–water partition coefficient (Wildman–Crippen LogP) is 1.44. The SMILES string of the molecule is Cc1ccc2[nH]c3c(c2c1)CC(NS(=O)(=O)c1cnnn1C)CC3. The number of H-pyrrole nitrogens is 1. The van der Waals surface area contributed by atoms with E-state index in [1.54, 1.807) is 7.05 Å². The Hall–Kier alpha value is -2.19. The zero-order valence-corrected chi connectivity index (χ0v) is 14.4. The molecule has 1 aliphatic carbocycles. The molecule has 0 spiro atoms.